The SMILES string of the molecule is CNC(CCc1ccc(OC)cc1)c1ccncn1. The van der Waals surface area contributed by atoms with Crippen LogP contribution in [0.5, 0.6) is 5.75 Å². The van der Waals surface area contributed by atoms with E-state index >= 15 is 0 Å². The van der Waals surface area contributed by atoms with Crippen molar-refractivity contribution >= 4 is 0 Å². The minimum atomic E-state index is 0.255. The number of hydrogen-bond acceptors (Lipinski definition) is 4. The van der Waals surface area contributed by atoms with Crippen molar-refractivity contribution in [2.45, 2.75) is 18.9 Å². The lowest BCUT2D eigenvalue weighted by Gasteiger charge is -2.15. The highest BCUT2D eigenvalue weighted by atomic mass is 16.5. The second kappa shape index (κ2) is 6.85. The van der Waals surface area contributed by atoms with Crippen LogP contribution in [0.15, 0.2) is 42.9 Å². The van der Waals surface area contributed by atoms with E-state index in [0.717, 1.165) is 24.3 Å². The maximum absolute atomic E-state index is 5.16. The number of nitrogens with one attached hydrogen (secondary N) is 1. The van der Waals surface area contributed by atoms with E-state index in [4.69, 9.17) is 4.74 Å². The molecule has 1 unspecified atom stereocenters. The Kier molecular flexibility index (Phi) is 4.86. The Balaban J connectivity index is 1.96. The molecule has 100 valence electrons. The van der Waals surface area contributed by atoms with Crippen LogP contribution in [0.4, 0.5) is 0 Å². The molecule has 0 saturated heterocycles. The first-order valence-electron chi connectivity index (χ1n) is 6.39. The van der Waals surface area contributed by atoms with Crippen molar-refractivity contribution in [2.24, 2.45) is 0 Å². The van der Waals surface area contributed by atoms with E-state index in [0.29, 0.717) is 0 Å². The van der Waals surface area contributed by atoms with Gasteiger partial charge in [0.15, 0.2) is 0 Å². The number of nitrogens with zero attached hydrogens (tertiary/aromatic N) is 2. The monoisotopic (exact) mass is 257 g/mol. The Hall–Kier alpha value is -1.94. The highest BCUT2D eigenvalue weighted by Crippen LogP contribution is 2.18. The molecule has 0 aliphatic carbocycles. The molecule has 4 heteroatoms. The molecule has 0 saturated carbocycles. The van der Waals surface area contributed by atoms with Gasteiger partial charge in [0.25, 0.3) is 0 Å². The predicted molar refractivity (Wildman–Crippen MR) is 75.1 cm³/mol. The van der Waals surface area contributed by atoms with E-state index in [1.807, 2.05) is 25.2 Å². The summed E-state index contributed by atoms with van der Waals surface area (Å²) >= 11 is 0. The van der Waals surface area contributed by atoms with Gasteiger partial charge in [-0.15, -0.1) is 0 Å². The first-order valence-corrected chi connectivity index (χ1v) is 6.39. The molecular weight excluding hydrogens is 238 g/mol. The molecule has 0 aliphatic rings. The van der Waals surface area contributed by atoms with Gasteiger partial charge in [0.2, 0.25) is 0 Å². The number of ether oxygens (including phenoxy) is 1. The molecule has 0 radical (unpaired) electrons. The van der Waals surface area contributed by atoms with E-state index in [1.54, 1.807) is 19.6 Å². The molecule has 19 heavy (non-hydrogen) atoms. The summed E-state index contributed by atoms with van der Waals surface area (Å²) in [6, 6.07) is 10.4. The van der Waals surface area contributed by atoms with Crippen molar-refractivity contribution in [3.63, 3.8) is 0 Å². The fourth-order valence-electron chi connectivity index (χ4n) is 2.05. The largest absolute Gasteiger partial charge is 0.497 e. The van der Waals surface area contributed by atoms with Crippen LogP contribution in [0, 0.1) is 0 Å². The molecule has 0 bridgehead atoms. The first-order chi connectivity index (χ1) is 9.33. The van der Waals surface area contributed by atoms with Gasteiger partial charge in [0.05, 0.1) is 12.8 Å². The summed E-state index contributed by atoms with van der Waals surface area (Å²) in [6.45, 7) is 0. The average Bonchev–Trinajstić information content (AvgIpc) is 2.49. The third-order valence-electron chi connectivity index (χ3n) is 3.19. The topological polar surface area (TPSA) is 47.0 Å². The van der Waals surface area contributed by atoms with Crippen LogP contribution < -0.4 is 10.1 Å². The maximum atomic E-state index is 5.16. The van der Waals surface area contributed by atoms with Crippen LogP contribution in [-0.4, -0.2) is 24.1 Å². The van der Waals surface area contributed by atoms with Crippen LogP contribution in [-0.2, 0) is 6.42 Å². The van der Waals surface area contributed by atoms with Gasteiger partial charge in [-0.1, -0.05) is 12.1 Å². The fourth-order valence-corrected chi connectivity index (χ4v) is 2.05. The first kappa shape index (κ1) is 13.5. The van der Waals surface area contributed by atoms with Crippen LogP contribution in [0.25, 0.3) is 0 Å². The Morgan fingerprint density at radius 2 is 2.00 bits per heavy atom. The van der Waals surface area contributed by atoms with Crippen LogP contribution >= 0.6 is 0 Å². The van der Waals surface area contributed by atoms with Crippen molar-refractivity contribution in [2.75, 3.05) is 14.2 Å². The van der Waals surface area contributed by atoms with Crippen molar-refractivity contribution in [3.8, 4) is 5.75 Å². The molecule has 1 atom stereocenters. The second-order valence-electron chi connectivity index (χ2n) is 4.36. The molecular formula is C15H19N3O. The molecule has 1 aromatic carbocycles. The van der Waals surface area contributed by atoms with E-state index in [9.17, 15) is 0 Å². The standard InChI is InChI=1S/C15H19N3O/c1-16-14(15-9-10-17-11-18-15)8-5-12-3-6-13(19-2)7-4-12/h3-4,6-7,9-11,14,16H,5,8H2,1-2H3. The highest BCUT2D eigenvalue weighted by molar-refractivity contribution is 5.27. The van der Waals surface area contributed by atoms with Gasteiger partial charge >= 0.3 is 0 Å². The summed E-state index contributed by atoms with van der Waals surface area (Å²) < 4.78 is 5.16. The Morgan fingerprint density at radius 3 is 2.58 bits per heavy atom. The van der Waals surface area contributed by atoms with Gasteiger partial charge in [0, 0.05) is 12.2 Å². The number of hydrogen-bond donors (Lipinski definition) is 1. The van der Waals surface area contributed by atoms with Gasteiger partial charge in [-0.25, -0.2) is 9.97 Å². The fraction of sp³-hybridized carbons (Fsp3) is 0.333. The lowest BCUT2D eigenvalue weighted by molar-refractivity contribution is 0.414. The molecule has 0 aliphatic heterocycles. The van der Waals surface area contributed by atoms with E-state index < -0.39 is 0 Å². The Bertz CT molecular complexity index is 485. The molecule has 2 aromatic rings. The Morgan fingerprint density at radius 1 is 1.21 bits per heavy atom. The zero-order valence-electron chi connectivity index (χ0n) is 11.3. The third-order valence-corrected chi connectivity index (χ3v) is 3.19. The van der Waals surface area contributed by atoms with Crippen molar-refractivity contribution < 1.29 is 4.74 Å². The number of aryl methyl sites for hydroxylation is 1. The smallest absolute Gasteiger partial charge is 0.118 e. The molecule has 0 fully saturated rings. The summed E-state index contributed by atoms with van der Waals surface area (Å²) in [5, 5.41) is 3.30. The normalized spacial score (nSPS) is 12.1. The van der Waals surface area contributed by atoms with Gasteiger partial charge in [-0.3, -0.25) is 0 Å². The van der Waals surface area contributed by atoms with Gasteiger partial charge in [-0.2, -0.15) is 0 Å². The van der Waals surface area contributed by atoms with Crippen molar-refractivity contribution in [3.05, 3.63) is 54.1 Å². The number of rotatable bonds is 6. The summed E-state index contributed by atoms with van der Waals surface area (Å²) in [7, 11) is 3.64. The minimum Gasteiger partial charge on any atom is -0.497 e. The molecule has 1 heterocycles. The zero-order valence-corrected chi connectivity index (χ0v) is 11.3. The van der Waals surface area contributed by atoms with Crippen LogP contribution in [0.2, 0.25) is 0 Å². The average molecular weight is 257 g/mol. The van der Waals surface area contributed by atoms with E-state index in [1.165, 1.54) is 5.56 Å². The molecule has 2 rings (SSSR count). The number of aromatic nitrogens is 2. The predicted octanol–water partition coefficient (Wildman–Crippen LogP) is 2.38. The molecule has 0 spiro atoms. The van der Waals surface area contributed by atoms with Gasteiger partial charge in [-0.05, 0) is 43.7 Å². The van der Waals surface area contributed by atoms with E-state index in [-0.39, 0.29) is 6.04 Å². The number of methoxy groups -OCH3 is 1. The summed E-state index contributed by atoms with van der Waals surface area (Å²) in [4.78, 5) is 8.24. The summed E-state index contributed by atoms with van der Waals surface area (Å²) in [6.07, 6.45) is 5.37. The maximum Gasteiger partial charge on any atom is 0.118 e. The zero-order chi connectivity index (χ0) is 13.5. The van der Waals surface area contributed by atoms with Gasteiger partial charge in [0.1, 0.15) is 12.1 Å². The van der Waals surface area contributed by atoms with E-state index in [2.05, 4.69) is 27.4 Å². The summed E-state index contributed by atoms with van der Waals surface area (Å²) in [5.74, 6) is 0.893. The molecule has 1 N–H and O–H groups in total. The van der Waals surface area contributed by atoms with Gasteiger partial charge < -0.3 is 10.1 Å². The number of benzene rings is 1. The van der Waals surface area contributed by atoms with Crippen molar-refractivity contribution in [1.82, 2.24) is 15.3 Å². The minimum absolute atomic E-state index is 0.255. The van der Waals surface area contributed by atoms with Crippen LogP contribution in [0.1, 0.15) is 23.7 Å². The molecule has 0 amide bonds. The lowest BCUT2D eigenvalue weighted by atomic mass is 10.0. The summed E-state index contributed by atoms with van der Waals surface area (Å²) in [5.41, 5.74) is 2.33. The quantitative estimate of drug-likeness (QED) is 0.863. The lowest BCUT2D eigenvalue weighted by Crippen LogP contribution is -2.18. The molecule has 4 nitrogen and oxygen atoms in total. The molecule has 1 aromatic heterocycles. The highest BCUT2D eigenvalue weighted by Gasteiger charge is 2.10. The van der Waals surface area contributed by atoms with Crippen molar-refractivity contribution in [1.29, 1.82) is 0 Å². The third kappa shape index (κ3) is 3.76. The van der Waals surface area contributed by atoms with Crippen LogP contribution in [0.3, 0.4) is 0 Å². The second-order valence-corrected chi connectivity index (χ2v) is 4.36. The Labute approximate surface area is 113 Å².